The Balaban J connectivity index is 0.00000427. The van der Waals surface area contributed by atoms with Crippen LogP contribution in [0.1, 0.15) is 29.4 Å². The van der Waals surface area contributed by atoms with Gasteiger partial charge in [-0.15, -0.1) is 21.6 Å². The third-order valence-corrected chi connectivity index (χ3v) is 14.6. The van der Waals surface area contributed by atoms with E-state index in [0.717, 1.165) is 43.1 Å². The fourth-order valence-corrected chi connectivity index (χ4v) is 12.1. The molecule has 5 nitrogen and oxygen atoms in total. The van der Waals surface area contributed by atoms with Crippen LogP contribution in [0.5, 0.6) is 0 Å². The molecule has 0 fully saturated rings. The molecule has 0 saturated heterocycles. The van der Waals surface area contributed by atoms with Crippen LogP contribution in [0.25, 0.3) is 27.6 Å². The number of hydrogen-bond acceptors (Lipinski definition) is 3. The summed E-state index contributed by atoms with van der Waals surface area (Å²) in [4.78, 5) is 9.56. The number of rotatable bonds is 7. The molecule has 3 heterocycles. The average Bonchev–Trinajstić information content (AvgIpc) is 3.76. The fourth-order valence-electron chi connectivity index (χ4n) is 7.56. The molecule has 0 spiro atoms. The van der Waals surface area contributed by atoms with E-state index in [4.69, 9.17) is 9.10 Å². The molecule has 1 aliphatic heterocycles. The van der Waals surface area contributed by atoms with Crippen LogP contribution in [0.3, 0.4) is 0 Å². The van der Waals surface area contributed by atoms with Gasteiger partial charge in [-0.3, -0.25) is 0 Å². The van der Waals surface area contributed by atoms with Crippen LogP contribution in [0.4, 0.5) is 17.1 Å². The van der Waals surface area contributed by atoms with Crippen LogP contribution in [-0.2, 0) is 21.1 Å². The Bertz CT molecular complexity index is 2610. The van der Waals surface area contributed by atoms with E-state index in [1.165, 1.54) is 15.9 Å². The normalized spacial score (nSPS) is 13.9. The summed E-state index contributed by atoms with van der Waals surface area (Å²) in [6.45, 7) is 1.95. The summed E-state index contributed by atoms with van der Waals surface area (Å²) in [5.41, 5.74) is 5.11. The topological polar surface area (TPSA) is 37.1 Å². The number of para-hydroxylation sites is 3. The van der Waals surface area contributed by atoms with Gasteiger partial charge in [0.05, 0.1) is 11.1 Å². The van der Waals surface area contributed by atoms with Gasteiger partial charge >= 0.3 is 0 Å². The van der Waals surface area contributed by atoms with Crippen molar-refractivity contribution in [1.29, 1.82) is 0 Å². The SMILES string of the molecule is [2H]C([2H])([2H])N1[OH+]N(c2[c-]c([Si](c3[c-]c4c(cc3)c3ccccc3n4-c3cc(C(C)C)ccn3)(c3ccccc3)c3ccccc3)ccc2)c2ccccc21.[Pt]. The van der Waals surface area contributed by atoms with Crippen LogP contribution in [0.15, 0.2) is 158 Å². The van der Waals surface area contributed by atoms with Gasteiger partial charge in [-0.1, -0.05) is 110 Å². The molecule has 1 aliphatic rings. The van der Waals surface area contributed by atoms with E-state index in [2.05, 4.69) is 151 Å². The second-order valence-corrected chi connectivity index (χ2v) is 17.0. The standard InChI is InChI=1S/C45H36N4OSi.Pt/c1-32(2)33-27-28-46-45(29-33)48-41-22-11-10-21-39(41)40-26-25-38(31-44(40)48)51(35-16-6-4-7-17-35,36-18-8-5-9-19-36)37-20-14-15-34(30-37)49-43-24-13-12-23-42(43)47(3)50-49;/h4-29,32H,1-3H3;/q-2;/p+1/i3D3;. The predicted octanol–water partition coefficient (Wildman–Crippen LogP) is 7.71. The first-order valence-electron chi connectivity index (χ1n) is 18.7. The molecule has 6 aromatic carbocycles. The number of aromatic nitrogens is 2. The maximum Gasteiger partial charge on any atom is 0.145 e. The van der Waals surface area contributed by atoms with Gasteiger partial charge in [0.1, 0.15) is 25.3 Å². The third kappa shape index (κ3) is 5.41. The molecule has 0 unspecified atom stereocenters. The van der Waals surface area contributed by atoms with Gasteiger partial charge in [0, 0.05) is 38.5 Å². The molecule has 0 amide bonds. The summed E-state index contributed by atoms with van der Waals surface area (Å²) in [5.74, 6) is 1.20. The molecule has 8 aromatic rings. The van der Waals surface area contributed by atoms with E-state index in [9.17, 15) is 0 Å². The van der Waals surface area contributed by atoms with Gasteiger partial charge in [0.2, 0.25) is 0 Å². The van der Waals surface area contributed by atoms with Crippen LogP contribution in [-0.4, -0.2) is 29.5 Å². The number of hydrogen-bond donors (Lipinski definition) is 0. The minimum Gasteiger partial charge on any atom is -0.319 e. The van der Waals surface area contributed by atoms with Crippen molar-refractivity contribution in [3.8, 4) is 5.82 Å². The van der Waals surface area contributed by atoms with E-state index < -0.39 is 15.0 Å². The van der Waals surface area contributed by atoms with Gasteiger partial charge in [-0.2, -0.15) is 51.7 Å². The Hall–Kier alpha value is -5.26. The summed E-state index contributed by atoms with van der Waals surface area (Å²) in [6.07, 6.45) is 1.90. The summed E-state index contributed by atoms with van der Waals surface area (Å²) in [6, 6.07) is 60.0. The first-order chi connectivity index (χ1) is 26.2. The maximum absolute atomic E-state index is 8.23. The van der Waals surface area contributed by atoms with Gasteiger partial charge in [0.25, 0.3) is 0 Å². The molecule has 0 radical (unpaired) electrons. The van der Waals surface area contributed by atoms with Crippen molar-refractivity contribution in [2.45, 2.75) is 19.8 Å². The molecule has 0 bridgehead atoms. The van der Waals surface area contributed by atoms with E-state index in [1.54, 1.807) is 11.1 Å². The maximum atomic E-state index is 8.23. The van der Waals surface area contributed by atoms with E-state index in [-0.39, 0.29) is 21.1 Å². The zero-order valence-electron chi connectivity index (χ0n) is 31.6. The first kappa shape index (κ1) is 30.4. The largest absolute Gasteiger partial charge is 0.319 e. The summed E-state index contributed by atoms with van der Waals surface area (Å²) < 4.78 is 27.0. The number of anilines is 3. The van der Waals surface area contributed by atoms with Crippen LogP contribution >= 0.6 is 0 Å². The Morgan fingerprint density at radius 3 is 2.08 bits per heavy atom. The summed E-state index contributed by atoms with van der Waals surface area (Å²) >= 11 is 0. The van der Waals surface area contributed by atoms with Crippen molar-refractivity contribution in [2.24, 2.45) is 0 Å². The molecule has 52 heavy (non-hydrogen) atoms. The molecule has 0 saturated carbocycles. The Morgan fingerprint density at radius 2 is 1.35 bits per heavy atom. The molecule has 0 aliphatic carbocycles. The van der Waals surface area contributed by atoms with Crippen LogP contribution in [0, 0.1) is 12.1 Å². The third-order valence-electron chi connectivity index (χ3n) is 10.00. The molecule has 258 valence electrons. The molecule has 0 atom stereocenters. The molecule has 1 N–H and O–H groups in total. The summed E-state index contributed by atoms with van der Waals surface area (Å²) in [5, 5.41) is 9.45. The molecule has 9 rings (SSSR count). The smallest absolute Gasteiger partial charge is 0.145 e. The van der Waals surface area contributed by atoms with E-state index in [1.807, 2.05) is 36.5 Å². The number of nitrogens with zero attached hydrogens (tertiary/aromatic N) is 4. The van der Waals surface area contributed by atoms with Crippen molar-refractivity contribution >= 4 is 67.7 Å². The Kier molecular flexibility index (Phi) is 8.00. The van der Waals surface area contributed by atoms with Gasteiger partial charge < -0.3 is 4.57 Å². The number of benzene rings is 6. The molecule has 2 aromatic heterocycles. The zero-order valence-corrected chi connectivity index (χ0v) is 31.9. The molecular formula is C45H37N4OPtSi-. The minimum absolute atomic E-state index is 0. The van der Waals surface area contributed by atoms with Crippen molar-refractivity contribution in [2.75, 3.05) is 17.1 Å². The number of pyridine rings is 1. The zero-order chi connectivity index (χ0) is 37.0. The van der Waals surface area contributed by atoms with Crippen molar-refractivity contribution in [1.82, 2.24) is 9.55 Å². The first-order valence-corrected chi connectivity index (χ1v) is 19.2. The quantitative estimate of drug-likeness (QED) is 0.0714. The van der Waals surface area contributed by atoms with Gasteiger partial charge in [-0.05, 0) is 57.6 Å². The van der Waals surface area contributed by atoms with Crippen molar-refractivity contribution in [3.63, 3.8) is 0 Å². The monoisotopic (exact) mass is 875 g/mol. The number of fused-ring (bicyclic) bond motifs is 4. The van der Waals surface area contributed by atoms with Crippen molar-refractivity contribution < 1.29 is 30.1 Å². The predicted molar refractivity (Wildman–Crippen MR) is 213 cm³/mol. The molecule has 7 heteroatoms. The van der Waals surface area contributed by atoms with Crippen LogP contribution in [0.2, 0.25) is 0 Å². The second-order valence-electron chi connectivity index (χ2n) is 13.2. The van der Waals surface area contributed by atoms with Gasteiger partial charge in [0.15, 0.2) is 0 Å². The van der Waals surface area contributed by atoms with Crippen LogP contribution < -0.4 is 30.9 Å². The van der Waals surface area contributed by atoms with E-state index in [0.29, 0.717) is 23.0 Å². The molecular weight excluding hydrogens is 836 g/mol. The Labute approximate surface area is 324 Å². The van der Waals surface area contributed by atoms with E-state index >= 15 is 0 Å². The number of hydroxylamine groups is 1. The Morgan fingerprint density at radius 1 is 0.673 bits per heavy atom. The second kappa shape index (κ2) is 13.7. The minimum atomic E-state index is -3.18. The summed E-state index contributed by atoms with van der Waals surface area (Å²) in [7, 11) is -3.18. The average molecular weight is 876 g/mol. The van der Waals surface area contributed by atoms with Gasteiger partial charge in [-0.25, -0.2) is 4.98 Å². The van der Waals surface area contributed by atoms with Crippen molar-refractivity contribution in [3.05, 3.63) is 176 Å². The fraction of sp³-hybridized carbons (Fsp3) is 0.0889.